The molecule has 0 spiro atoms. The number of pyridine rings is 1. The zero-order valence-electron chi connectivity index (χ0n) is 13.8. The molecule has 0 atom stereocenters. The van der Waals surface area contributed by atoms with Crippen molar-refractivity contribution in [2.45, 2.75) is 11.4 Å². The predicted octanol–water partition coefficient (Wildman–Crippen LogP) is 3.07. The highest BCUT2D eigenvalue weighted by Crippen LogP contribution is 2.34. The summed E-state index contributed by atoms with van der Waals surface area (Å²) in [7, 11) is -3.72. The van der Waals surface area contributed by atoms with E-state index in [1.54, 1.807) is 17.2 Å². The van der Waals surface area contributed by atoms with E-state index in [1.807, 2.05) is 60.7 Å². The largest absolute Gasteiger partial charge is 0.279 e. The molecule has 0 radical (unpaired) electrons. The molecule has 3 aromatic rings. The number of sulfonamides is 1. The number of rotatable bonds is 3. The Hall–Kier alpha value is -3.19. The summed E-state index contributed by atoms with van der Waals surface area (Å²) >= 11 is 0. The van der Waals surface area contributed by atoms with Gasteiger partial charge in [-0.1, -0.05) is 48.5 Å². The number of nitrogens with one attached hydrogen (secondary N) is 1. The van der Waals surface area contributed by atoms with Crippen molar-refractivity contribution in [2.75, 3.05) is 4.90 Å². The zero-order valence-corrected chi connectivity index (χ0v) is 14.6. The molecule has 2 heterocycles. The Morgan fingerprint density at radius 1 is 0.962 bits per heavy atom. The topological polar surface area (TPSA) is 74.7 Å². The van der Waals surface area contributed by atoms with Gasteiger partial charge in [0.1, 0.15) is 4.90 Å². The van der Waals surface area contributed by atoms with Gasteiger partial charge in [0.05, 0.1) is 12.2 Å². The molecule has 0 saturated carbocycles. The molecule has 6 nitrogen and oxygen atoms in total. The fourth-order valence-corrected chi connectivity index (χ4v) is 3.93. The molecule has 0 unspecified atom stereocenters. The fourth-order valence-electron chi connectivity index (χ4n) is 2.79. The second kappa shape index (κ2) is 6.61. The van der Waals surface area contributed by atoms with Crippen molar-refractivity contribution in [1.82, 2.24) is 9.71 Å². The van der Waals surface area contributed by atoms with E-state index in [4.69, 9.17) is 0 Å². The van der Waals surface area contributed by atoms with E-state index in [9.17, 15) is 8.42 Å². The maximum atomic E-state index is 12.6. The number of aromatic nitrogens is 1. The molecule has 2 aromatic carbocycles. The molecule has 1 aromatic heterocycles. The summed E-state index contributed by atoms with van der Waals surface area (Å²) < 4.78 is 27.8. The monoisotopic (exact) mass is 364 g/mol. The molecule has 26 heavy (non-hydrogen) atoms. The zero-order chi connectivity index (χ0) is 18.0. The van der Waals surface area contributed by atoms with Crippen LogP contribution in [0, 0.1) is 0 Å². The number of anilines is 2. The van der Waals surface area contributed by atoms with Gasteiger partial charge in [0, 0.05) is 18.1 Å². The van der Waals surface area contributed by atoms with E-state index < -0.39 is 10.0 Å². The second-order valence-electron chi connectivity index (χ2n) is 5.75. The van der Waals surface area contributed by atoms with E-state index in [1.165, 1.54) is 6.20 Å². The third-order valence-corrected chi connectivity index (χ3v) is 5.34. The van der Waals surface area contributed by atoms with E-state index >= 15 is 0 Å². The second-order valence-corrected chi connectivity index (χ2v) is 7.40. The van der Waals surface area contributed by atoms with Gasteiger partial charge in [-0.25, -0.2) is 18.1 Å². The van der Waals surface area contributed by atoms with Crippen LogP contribution in [0.3, 0.4) is 0 Å². The number of guanidine groups is 1. The fraction of sp³-hybridized carbons (Fsp3) is 0.0526. The van der Waals surface area contributed by atoms with E-state index in [0.29, 0.717) is 12.2 Å². The first-order valence-corrected chi connectivity index (χ1v) is 9.54. The number of nitrogens with zero attached hydrogens (tertiary/aromatic N) is 3. The number of hydrogen-bond donors (Lipinski definition) is 1. The molecule has 1 N–H and O–H groups in total. The number of para-hydroxylation sites is 1. The van der Waals surface area contributed by atoms with Gasteiger partial charge in [0.25, 0.3) is 10.0 Å². The highest BCUT2D eigenvalue weighted by atomic mass is 32.2. The molecule has 1 aliphatic rings. The Morgan fingerprint density at radius 2 is 1.65 bits per heavy atom. The van der Waals surface area contributed by atoms with Crippen molar-refractivity contribution in [3.05, 3.63) is 84.7 Å². The minimum atomic E-state index is -3.72. The Balaban J connectivity index is 1.84. The quantitative estimate of drug-likeness (QED) is 0.775. The van der Waals surface area contributed by atoms with Crippen LogP contribution in [0.15, 0.2) is 89.0 Å². The molecule has 1 aliphatic heterocycles. The van der Waals surface area contributed by atoms with Gasteiger partial charge in [0.15, 0.2) is 0 Å². The third kappa shape index (κ3) is 3.04. The van der Waals surface area contributed by atoms with Gasteiger partial charge in [0.2, 0.25) is 5.96 Å². The highest BCUT2D eigenvalue weighted by Gasteiger charge is 2.33. The van der Waals surface area contributed by atoms with Crippen molar-refractivity contribution < 1.29 is 8.42 Å². The average Bonchev–Trinajstić information content (AvgIpc) is 2.68. The first-order chi connectivity index (χ1) is 12.6. The van der Waals surface area contributed by atoms with Crippen LogP contribution >= 0.6 is 0 Å². The Morgan fingerprint density at radius 3 is 2.38 bits per heavy atom. The summed E-state index contributed by atoms with van der Waals surface area (Å²) in [5.41, 5.74) is 2.33. The lowest BCUT2D eigenvalue weighted by Crippen LogP contribution is -2.46. The molecular weight excluding hydrogens is 348 g/mol. The summed E-state index contributed by atoms with van der Waals surface area (Å²) in [6.07, 6.45) is 2.92. The smallest absolute Gasteiger partial charge is 0.267 e. The molecule has 0 amide bonds. The van der Waals surface area contributed by atoms with Gasteiger partial charge in [-0.15, -0.1) is 0 Å². The van der Waals surface area contributed by atoms with Gasteiger partial charge in [-0.3, -0.25) is 9.88 Å². The van der Waals surface area contributed by atoms with Crippen LogP contribution in [0.25, 0.3) is 0 Å². The average molecular weight is 364 g/mol. The van der Waals surface area contributed by atoms with Gasteiger partial charge in [-0.05, 0) is 23.8 Å². The Labute approximate surface area is 151 Å². The molecule has 0 saturated heterocycles. The lowest BCUT2D eigenvalue weighted by Gasteiger charge is -2.32. The van der Waals surface area contributed by atoms with Crippen LogP contribution in [-0.2, 0) is 16.6 Å². The lowest BCUT2D eigenvalue weighted by molar-refractivity contribution is 0.590. The Bertz CT molecular complexity index is 1050. The number of fused-ring (bicyclic) bond motifs is 1. The summed E-state index contributed by atoms with van der Waals surface area (Å²) in [6, 6.07) is 20.9. The minimum absolute atomic E-state index is 0.127. The molecule has 4 rings (SSSR count). The lowest BCUT2D eigenvalue weighted by atomic mass is 10.2. The normalized spacial score (nSPS) is 16.8. The Kier molecular flexibility index (Phi) is 4.14. The van der Waals surface area contributed by atoms with Crippen LogP contribution < -0.4 is 9.62 Å². The van der Waals surface area contributed by atoms with Crippen LogP contribution in [0.5, 0.6) is 0 Å². The summed E-state index contributed by atoms with van der Waals surface area (Å²) in [5.74, 6) is 0.263. The molecule has 130 valence electrons. The SMILES string of the molecule is O=S1(=O)NC(=NCc2ccccc2)N(c2ccccc2)c2ccncc21. The summed E-state index contributed by atoms with van der Waals surface area (Å²) in [5, 5.41) is 0. The molecule has 0 bridgehead atoms. The summed E-state index contributed by atoms with van der Waals surface area (Å²) in [6.45, 7) is 0.364. The third-order valence-electron chi connectivity index (χ3n) is 4.00. The highest BCUT2D eigenvalue weighted by molar-refractivity contribution is 7.90. The first kappa shape index (κ1) is 16.3. The minimum Gasteiger partial charge on any atom is -0.279 e. The van der Waals surface area contributed by atoms with Crippen LogP contribution in [0.2, 0.25) is 0 Å². The van der Waals surface area contributed by atoms with Crippen LogP contribution in [0.4, 0.5) is 11.4 Å². The van der Waals surface area contributed by atoms with Crippen molar-refractivity contribution in [2.24, 2.45) is 4.99 Å². The maximum absolute atomic E-state index is 12.6. The molecular formula is C19H16N4O2S. The number of aliphatic imine (C=N–C) groups is 1. The van der Waals surface area contributed by atoms with E-state index in [2.05, 4.69) is 14.7 Å². The van der Waals surface area contributed by atoms with Crippen LogP contribution in [0.1, 0.15) is 5.56 Å². The number of hydrogen-bond acceptors (Lipinski definition) is 4. The molecule has 0 fully saturated rings. The van der Waals surface area contributed by atoms with Crippen LogP contribution in [-0.4, -0.2) is 19.4 Å². The van der Waals surface area contributed by atoms with Gasteiger partial charge >= 0.3 is 0 Å². The van der Waals surface area contributed by atoms with E-state index in [-0.39, 0.29) is 10.9 Å². The van der Waals surface area contributed by atoms with E-state index in [0.717, 1.165) is 11.3 Å². The van der Waals surface area contributed by atoms with Crippen molar-refractivity contribution >= 4 is 27.4 Å². The standard InChI is InChI=1S/C19H16N4O2S/c24-26(25)18-14-20-12-11-17(18)23(16-9-5-2-6-10-16)19(22-26)21-13-15-7-3-1-4-8-15/h1-12,14H,13H2,(H,21,22). The number of benzene rings is 2. The molecule has 0 aliphatic carbocycles. The first-order valence-electron chi connectivity index (χ1n) is 8.05. The summed E-state index contributed by atoms with van der Waals surface area (Å²) in [4.78, 5) is 10.4. The maximum Gasteiger partial charge on any atom is 0.267 e. The van der Waals surface area contributed by atoms with Crippen molar-refractivity contribution in [3.63, 3.8) is 0 Å². The molecule has 7 heteroatoms. The van der Waals surface area contributed by atoms with Gasteiger partial charge in [-0.2, -0.15) is 0 Å². The van der Waals surface area contributed by atoms with Gasteiger partial charge < -0.3 is 0 Å². The van der Waals surface area contributed by atoms with Crippen molar-refractivity contribution in [1.29, 1.82) is 0 Å². The predicted molar refractivity (Wildman–Crippen MR) is 101 cm³/mol. The van der Waals surface area contributed by atoms with Crippen molar-refractivity contribution in [3.8, 4) is 0 Å².